The number of nitrogens with one attached hydrogen (secondary N) is 2. The number of aryl methyl sites for hydroxylation is 1. The van der Waals surface area contributed by atoms with Crippen LogP contribution >= 0.6 is 15.9 Å². The fourth-order valence-corrected chi connectivity index (χ4v) is 3.89. The van der Waals surface area contributed by atoms with Gasteiger partial charge < -0.3 is 15.2 Å². The predicted octanol–water partition coefficient (Wildman–Crippen LogP) is 5.84. The molecule has 0 fully saturated rings. The molecule has 0 aliphatic carbocycles. The first-order chi connectivity index (χ1) is 14.5. The Hall–Kier alpha value is -2.76. The molecule has 4 nitrogen and oxygen atoms in total. The van der Waals surface area contributed by atoms with Gasteiger partial charge >= 0.3 is 0 Å². The molecule has 4 rings (SSSR count). The van der Waals surface area contributed by atoms with E-state index >= 15 is 0 Å². The fourth-order valence-electron chi connectivity index (χ4n) is 3.63. The summed E-state index contributed by atoms with van der Waals surface area (Å²) in [6, 6.07) is 22.1. The summed E-state index contributed by atoms with van der Waals surface area (Å²) >= 11 is 3.51. The van der Waals surface area contributed by atoms with Gasteiger partial charge in [-0.3, -0.25) is 5.32 Å². The molecule has 0 amide bonds. The van der Waals surface area contributed by atoms with Gasteiger partial charge in [0.25, 0.3) is 0 Å². The van der Waals surface area contributed by atoms with Crippen LogP contribution in [-0.4, -0.2) is 11.7 Å². The Morgan fingerprint density at radius 2 is 1.73 bits per heavy atom. The zero-order valence-corrected chi connectivity index (χ0v) is 18.6. The molecule has 5 heteroatoms. The molecule has 0 bridgehead atoms. The summed E-state index contributed by atoms with van der Waals surface area (Å²) in [4.78, 5) is 0. The minimum absolute atomic E-state index is 0.112. The van der Waals surface area contributed by atoms with Crippen molar-refractivity contribution in [3.8, 4) is 11.5 Å². The van der Waals surface area contributed by atoms with Gasteiger partial charge in [0.1, 0.15) is 6.17 Å². The van der Waals surface area contributed by atoms with E-state index in [-0.39, 0.29) is 18.0 Å². The first kappa shape index (κ1) is 20.5. The zero-order chi connectivity index (χ0) is 21.1. The summed E-state index contributed by atoms with van der Waals surface area (Å²) in [7, 11) is 0. The summed E-state index contributed by atoms with van der Waals surface area (Å²) < 4.78 is 6.64. The molecule has 1 aliphatic rings. The molecule has 3 N–H and O–H groups in total. The van der Waals surface area contributed by atoms with Gasteiger partial charge in [0.2, 0.25) is 0 Å². The van der Waals surface area contributed by atoms with E-state index in [0.717, 1.165) is 26.9 Å². The Labute approximate surface area is 185 Å². The Morgan fingerprint density at radius 1 is 1.00 bits per heavy atom. The molecular formula is C25H25BrN2O2. The lowest BCUT2D eigenvalue weighted by molar-refractivity contribution is 0.314. The minimum Gasteiger partial charge on any atom is -0.504 e. The van der Waals surface area contributed by atoms with E-state index in [4.69, 9.17) is 4.74 Å². The second-order valence-corrected chi connectivity index (χ2v) is 8.26. The van der Waals surface area contributed by atoms with Crippen molar-refractivity contribution in [1.82, 2.24) is 10.6 Å². The van der Waals surface area contributed by atoms with Crippen molar-refractivity contribution in [2.75, 3.05) is 6.61 Å². The number of rotatable bonds is 5. The second kappa shape index (κ2) is 8.94. The second-order valence-electron chi connectivity index (χ2n) is 7.35. The summed E-state index contributed by atoms with van der Waals surface area (Å²) in [5.74, 6) is 0.675. The van der Waals surface area contributed by atoms with Crippen LogP contribution in [0.4, 0.5) is 0 Å². The molecule has 0 aromatic heterocycles. The molecule has 1 aliphatic heterocycles. The monoisotopic (exact) mass is 464 g/mol. The van der Waals surface area contributed by atoms with Gasteiger partial charge in [-0.25, -0.2) is 0 Å². The maximum atomic E-state index is 10.8. The Morgan fingerprint density at radius 3 is 2.43 bits per heavy atom. The number of phenols is 1. The number of hydrogen-bond acceptors (Lipinski definition) is 4. The van der Waals surface area contributed by atoms with E-state index in [0.29, 0.717) is 12.4 Å². The molecule has 154 valence electrons. The number of halogens is 1. The van der Waals surface area contributed by atoms with Crippen molar-refractivity contribution in [3.63, 3.8) is 0 Å². The summed E-state index contributed by atoms with van der Waals surface area (Å²) in [5, 5.41) is 18.1. The Kier molecular flexibility index (Phi) is 6.11. The number of para-hydroxylation sites is 1. The largest absolute Gasteiger partial charge is 0.504 e. The van der Waals surface area contributed by atoms with E-state index in [2.05, 4.69) is 76.0 Å². The zero-order valence-electron chi connectivity index (χ0n) is 17.0. The van der Waals surface area contributed by atoms with Gasteiger partial charge in [0.05, 0.1) is 12.6 Å². The SMILES string of the molecule is CCOc1cccc(C2C=C(c3ccc(C)cc3)NC(c3ccc(Br)cc3)N2)c1O. The number of phenolic OH excluding ortho intramolecular Hbond substituents is 1. The highest BCUT2D eigenvalue weighted by Gasteiger charge is 2.26. The maximum absolute atomic E-state index is 10.8. The van der Waals surface area contributed by atoms with Gasteiger partial charge in [-0.2, -0.15) is 0 Å². The Bertz CT molecular complexity index is 1050. The van der Waals surface area contributed by atoms with Crippen molar-refractivity contribution in [1.29, 1.82) is 0 Å². The molecule has 2 unspecified atom stereocenters. The third kappa shape index (κ3) is 4.37. The number of ether oxygens (including phenoxy) is 1. The molecule has 3 aromatic carbocycles. The van der Waals surface area contributed by atoms with Crippen LogP contribution in [0.2, 0.25) is 0 Å². The predicted molar refractivity (Wildman–Crippen MR) is 124 cm³/mol. The van der Waals surface area contributed by atoms with E-state index in [1.54, 1.807) is 6.07 Å². The van der Waals surface area contributed by atoms with Crippen molar-refractivity contribution in [2.45, 2.75) is 26.1 Å². The van der Waals surface area contributed by atoms with Crippen LogP contribution in [0.25, 0.3) is 5.70 Å². The lowest BCUT2D eigenvalue weighted by Gasteiger charge is -2.33. The molecule has 3 aromatic rings. The lowest BCUT2D eigenvalue weighted by atomic mass is 9.97. The van der Waals surface area contributed by atoms with Gasteiger partial charge in [0, 0.05) is 15.7 Å². The van der Waals surface area contributed by atoms with Crippen molar-refractivity contribution >= 4 is 21.6 Å². The van der Waals surface area contributed by atoms with Gasteiger partial charge in [0.15, 0.2) is 11.5 Å². The normalized spacial score (nSPS) is 18.4. The fraction of sp³-hybridized carbons (Fsp3) is 0.200. The molecule has 2 atom stereocenters. The van der Waals surface area contributed by atoms with Crippen LogP contribution in [0.15, 0.2) is 77.3 Å². The van der Waals surface area contributed by atoms with Gasteiger partial charge in [-0.15, -0.1) is 0 Å². The topological polar surface area (TPSA) is 53.5 Å². The van der Waals surface area contributed by atoms with E-state index < -0.39 is 0 Å². The van der Waals surface area contributed by atoms with Crippen molar-refractivity contribution < 1.29 is 9.84 Å². The van der Waals surface area contributed by atoms with Gasteiger partial charge in [-0.1, -0.05) is 70.0 Å². The lowest BCUT2D eigenvalue weighted by Crippen LogP contribution is -2.39. The van der Waals surface area contributed by atoms with Crippen LogP contribution in [0.5, 0.6) is 11.5 Å². The highest BCUT2D eigenvalue weighted by Crippen LogP contribution is 2.38. The van der Waals surface area contributed by atoms with Gasteiger partial charge in [-0.05, 0) is 49.2 Å². The summed E-state index contributed by atoms with van der Waals surface area (Å²) in [6.07, 6.45) is 2.00. The first-order valence-corrected chi connectivity index (χ1v) is 10.9. The van der Waals surface area contributed by atoms with Crippen LogP contribution < -0.4 is 15.4 Å². The average Bonchev–Trinajstić information content (AvgIpc) is 2.76. The third-order valence-corrected chi connectivity index (χ3v) is 5.74. The quantitative estimate of drug-likeness (QED) is 0.444. The molecule has 0 radical (unpaired) electrons. The van der Waals surface area contributed by atoms with Crippen LogP contribution in [-0.2, 0) is 0 Å². The summed E-state index contributed by atoms with van der Waals surface area (Å²) in [6.45, 7) is 4.50. The standard InChI is InChI=1S/C25H25BrN2O2/c1-3-30-23-6-4-5-20(24(23)29)22-15-21(17-9-7-16(2)8-10-17)27-25(28-22)18-11-13-19(26)14-12-18/h4-15,22,25,27-29H,3H2,1-2H3. The Balaban J connectivity index is 1.75. The highest BCUT2D eigenvalue weighted by molar-refractivity contribution is 9.10. The van der Waals surface area contributed by atoms with E-state index in [1.807, 2.05) is 31.2 Å². The molecule has 0 spiro atoms. The number of aromatic hydroxyl groups is 1. The molecule has 30 heavy (non-hydrogen) atoms. The van der Waals surface area contributed by atoms with Crippen LogP contribution in [0.3, 0.4) is 0 Å². The average molecular weight is 465 g/mol. The third-order valence-electron chi connectivity index (χ3n) is 5.21. The maximum Gasteiger partial charge on any atom is 0.162 e. The van der Waals surface area contributed by atoms with Crippen LogP contribution in [0.1, 0.15) is 41.4 Å². The molecule has 1 heterocycles. The minimum atomic E-state index is -0.184. The molecular weight excluding hydrogens is 440 g/mol. The van der Waals surface area contributed by atoms with Crippen molar-refractivity contribution in [2.24, 2.45) is 0 Å². The highest BCUT2D eigenvalue weighted by atomic mass is 79.9. The first-order valence-electron chi connectivity index (χ1n) is 10.1. The molecule has 0 saturated carbocycles. The summed E-state index contributed by atoms with van der Waals surface area (Å²) in [5.41, 5.74) is 5.24. The van der Waals surface area contributed by atoms with Crippen LogP contribution in [0, 0.1) is 6.92 Å². The number of hydrogen-bond donors (Lipinski definition) is 3. The smallest absolute Gasteiger partial charge is 0.162 e. The van der Waals surface area contributed by atoms with E-state index in [9.17, 15) is 5.11 Å². The number of benzene rings is 3. The van der Waals surface area contributed by atoms with Crippen molar-refractivity contribution in [3.05, 3.63) is 99.5 Å². The van der Waals surface area contributed by atoms with E-state index in [1.165, 1.54) is 5.56 Å². The molecule has 0 saturated heterocycles.